The number of hydrogen-bond donors (Lipinski definition) is 0. The van der Waals surface area contributed by atoms with Gasteiger partial charge in [0.1, 0.15) is 0 Å². The monoisotopic (exact) mass is 318 g/mol. The average molecular weight is 318 g/mol. The highest BCUT2D eigenvalue weighted by Gasteiger charge is 2.53. The van der Waals surface area contributed by atoms with Crippen molar-refractivity contribution in [1.82, 2.24) is 0 Å². The summed E-state index contributed by atoms with van der Waals surface area (Å²) < 4.78 is 22.1. The van der Waals surface area contributed by atoms with Crippen molar-refractivity contribution in [3.05, 3.63) is 35.6 Å². The van der Waals surface area contributed by atoms with Crippen molar-refractivity contribution in [3.63, 3.8) is 0 Å². The highest BCUT2D eigenvalue weighted by molar-refractivity contribution is 6.64. The van der Waals surface area contributed by atoms with Crippen LogP contribution in [0.25, 0.3) is 6.08 Å². The molecular weight excluding hydrogens is 295 g/mol. The van der Waals surface area contributed by atoms with Crippen LogP contribution in [-0.4, -0.2) is 38.5 Å². The van der Waals surface area contributed by atoms with E-state index in [4.69, 9.17) is 18.8 Å². The summed E-state index contributed by atoms with van der Waals surface area (Å²) in [6.07, 6.45) is 3.32. The predicted octanol–water partition coefficient (Wildman–Crippen LogP) is 2.39. The lowest BCUT2D eigenvalue weighted by molar-refractivity contribution is 0.00578. The molecule has 0 aliphatic carbocycles. The van der Waals surface area contributed by atoms with Gasteiger partial charge in [-0.25, -0.2) is 4.79 Å². The topological polar surface area (TPSA) is 54.0 Å². The number of methoxy groups -OCH3 is 2. The first kappa shape index (κ1) is 17.6. The SMILES string of the molecule is COC=Cc1cccc(C(=O)OC)c1B1OC(C)(C)C(C)(C)O1. The van der Waals surface area contributed by atoms with Crippen LogP contribution in [0.1, 0.15) is 43.6 Å². The summed E-state index contributed by atoms with van der Waals surface area (Å²) >= 11 is 0. The summed E-state index contributed by atoms with van der Waals surface area (Å²) in [5, 5.41) is 0. The molecule has 2 rings (SSSR count). The molecule has 1 saturated heterocycles. The minimum Gasteiger partial charge on any atom is -0.504 e. The van der Waals surface area contributed by atoms with Crippen molar-refractivity contribution in [2.24, 2.45) is 0 Å². The second-order valence-electron chi connectivity index (χ2n) is 6.43. The Bertz CT molecular complexity index is 605. The van der Waals surface area contributed by atoms with Gasteiger partial charge in [0.05, 0.1) is 37.2 Å². The average Bonchev–Trinajstić information content (AvgIpc) is 2.71. The van der Waals surface area contributed by atoms with Gasteiger partial charge in [0.25, 0.3) is 0 Å². The molecule has 0 aromatic heterocycles. The zero-order chi connectivity index (χ0) is 17.3. The number of carbonyl (C=O) groups excluding carboxylic acids is 1. The van der Waals surface area contributed by atoms with E-state index < -0.39 is 24.3 Å². The maximum atomic E-state index is 12.2. The van der Waals surface area contributed by atoms with E-state index in [1.54, 1.807) is 31.6 Å². The molecule has 1 aliphatic heterocycles. The van der Waals surface area contributed by atoms with Gasteiger partial charge >= 0.3 is 13.1 Å². The fourth-order valence-electron chi connectivity index (χ4n) is 2.38. The zero-order valence-electron chi connectivity index (χ0n) is 14.5. The van der Waals surface area contributed by atoms with Gasteiger partial charge in [0.2, 0.25) is 0 Å². The molecule has 0 unspecified atom stereocenters. The smallest absolute Gasteiger partial charge is 0.496 e. The molecule has 0 radical (unpaired) electrons. The first-order valence-electron chi connectivity index (χ1n) is 7.49. The van der Waals surface area contributed by atoms with Crippen molar-refractivity contribution in [1.29, 1.82) is 0 Å². The molecule has 1 aromatic carbocycles. The van der Waals surface area contributed by atoms with E-state index in [9.17, 15) is 4.79 Å². The summed E-state index contributed by atoms with van der Waals surface area (Å²) in [6.45, 7) is 7.88. The highest BCUT2D eigenvalue weighted by Crippen LogP contribution is 2.37. The second kappa shape index (κ2) is 6.38. The fraction of sp³-hybridized carbons (Fsp3) is 0.471. The van der Waals surface area contributed by atoms with Crippen LogP contribution >= 0.6 is 0 Å². The molecule has 1 fully saturated rings. The largest absolute Gasteiger partial charge is 0.504 e. The normalized spacial score (nSPS) is 19.1. The molecule has 0 bridgehead atoms. The van der Waals surface area contributed by atoms with E-state index in [0.717, 1.165) is 5.56 Å². The van der Waals surface area contributed by atoms with Crippen LogP contribution in [0.15, 0.2) is 24.5 Å². The van der Waals surface area contributed by atoms with Gasteiger partial charge in [-0.05, 0) is 45.4 Å². The predicted molar refractivity (Wildman–Crippen MR) is 89.5 cm³/mol. The van der Waals surface area contributed by atoms with E-state index in [0.29, 0.717) is 11.0 Å². The Morgan fingerprint density at radius 2 is 1.74 bits per heavy atom. The molecule has 1 heterocycles. The van der Waals surface area contributed by atoms with E-state index in [-0.39, 0.29) is 0 Å². The second-order valence-corrected chi connectivity index (χ2v) is 6.43. The molecule has 0 N–H and O–H groups in total. The third-order valence-corrected chi connectivity index (χ3v) is 4.42. The minimum atomic E-state index is -0.660. The standard InChI is InChI=1S/C17H23BO5/c1-16(2)17(3,4)23-18(22-16)14-12(10-11-20-5)8-7-9-13(14)15(19)21-6/h7-11H,1-6H3. The molecular formula is C17H23BO5. The number of hydrogen-bond acceptors (Lipinski definition) is 5. The number of ether oxygens (including phenoxy) is 2. The quantitative estimate of drug-likeness (QED) is 0.485. The van der Waals surface area contributed by atoms with Gasteiger partial charge in [0.15, 0.2) is 0 Å². The Kier molecular flexibility index (Phi) is 4.87. The third-order valence-electron chi connectivity index (χ3n) is 4.42. The van der Waals surface area contributed by atoms with E-state index >= 15 is 0 Å². The summed E-state index contributed by atoms with van der Waals surface area (Å²) in [5.41, 5.74) is 0.857. The van der Waals surface area contributed by atoms with Gasteiger partial charge in [-0.15, -0.1) is 0 Å². The maximum Gasteiger partial charge on any atom is 0.496 e. The summed E-state index contributed by atoms with van der Waals surface area (Å²) in [7, 11) is 2.26. The van der Waals surface area contributed by atoms with Gasteiger partial charge in [-0.3, -0.25) is 0 Å². The maximum absolute atomic E-state index is 12.2. The molecule has 0 amide bonds. The third kappa shape index (κ3) is 3.28. The molecule has 0 spiro atoms. The molecule has 1 aliphatic rings. The zero-order valence-corrected chi connectivity index (χ0v) is 14.5. The van der Waals surface area contributed by atoms with Crippen molar-refractivity contribution in [2.45, 2.75) is 38.9 Å². The Morgan fingerprint density at radius 3 is 2.26 bits per heavy atom. The minimum absolute atomic E-state index is 0.421. The number of benzene rings is 1. The summed E-state index contributed by atoms with van der Waals surface area (Å²) in [6, 6.07) is 5.37. The first-order valence-corrected chi connectivity index (χ1v) is 7.49. The fourth-order valence-corrected chi connectivity index (χ4v) is 2.38. The molecule has 1 aromatic rings. The van der Waals surface area contributed by atoms with Crippen LogP contribution in [-0.2, 0) is 18.8 Å². The summed E-state index contributed by atoms with van der Waals surface area (Å²) in [4.78, 5) is 12.2. The van der Waals surface area contributed by atoms with Crippen LogP contribution in [0, 0.1) is 0 Å². The molecule has 5 nitrogen and oxygen atoms in total. The molecule has 6 heteroatoms. The molecule has 23 heavy (non-hydrogen) atoms. The van der Waals surface area contributed by atoms with E-state index in [1.165, 1.54) is 7.11 Å². The Labute approximate surface area is 137 Å². The lowest BCUT2D eigenvalue weighted by atomic mass is 9.72. The Hall–Kier alpha value is -1.79. The first-order chi connectivity index (χ1) is 10.7. The van der Waals surface area contributed by atoms with Gasteiger partial charge < -0.3 is 18.8 Å². The van der Waals surface area contributed by atoms with Crippen molar-refractivity contribution in [3.8, 4) is 0 Å². The van der Waals surface area contributed by atoms with Crippen molar-refractivity contribution >= 4 is 24.6 Å². The number of rotatable bonds is 4. The highest BCUT2D eigenvalue weighted by atomic mass is 16.7. The van der Waals surface area contributed by atoms with Crippen LogP contribution < -0.4 is 5.46 Å². The van der Waals surface area contributed by atoms with Gasteiger partial charge in [-0.1, -0.05) is 12.1 Å². The lowest BCUT2D eigenvalue weighted by Gasteiger charge is -2.32. The van der Waals surface area contributed by atoms with E-state index in [2.05, 4.69) is 0 Å². The van der Waals surface area contributed by atoms with Gasteiger partial charge in [-0.2, -0.15) is 0 Å². The van der Waals surface area contributed by atoms with E-state index in [1.807, 2.05) is 33.8 Å². The number of esters is 1. The molecule has 0 saturated carbocycles. The van der Waals surface area contributed by atoms with Crippen LogP contribution in [0.2, 0.25) is 0 Å². The van der Waals surface area contributed by atoms with Crippen molar-refractivity contribution in [2.75, 3.05) is 14.2 Å². The number of carbonyl (C=O) groups is 1. The Morgan fingerprint density at radius 1 is 1.13 bits per heavy atom. The van der Waals surface area contributed by atoms with Crippen LogP contribution in [0.3, 0.4) is 0 Å². The molecule has 124 valence electrons. The summed E-state index contributed by atoms with van der Waals surface area (Å²) in [5.74, 6) is -0.428. The van der Waals surface area contributed by atoms with Gasteiger partial charge in [0, 0.05) is 5.46 Å². The van der Waals surface area contributed by atoms with Crippen LogP contribution in [0.5, 0.6) is 0 Å². The lowest BCUT2D eigenvalue weighted by Crippen LogP contribution is -2.41. The Balaban J connectivity index is 2.55. The van der Waals surface area contributed by atoms with Crippen LogP contribution in [0.4, 0.5) is 0 Å². The molecule has 0 atom stereocenters. The van der Waals surface area contributed by atoms with Crippen molar-refractivity contribution < 1.29 is 23.6 Å².